The monoisotopic (exact) mass is 387 g/mol. The van der Waals surface area contributed by atoms with Crippen LogP contribution < -0.4 is 10.3 Å². The molecule has 7 nitrogen and oxygen atoms in total. The fourth-order valence-corrected chi connectivity index (χ4v) is 4.02. The number of hydrogen-bond acceptors (Lipinski definition) is 4. The summed E-state index contributed by atoms with van der Waals surface area (Å²) in [5.41, 5.74) is -0.0916. The largest absolute Gasteiger partial charge is 0.477 e. The minimum Gasteiger partial charge on any atom is -0.477 e. The van der Waals surface area contributed by atoms with Gasteiger partial charge in [0, 0.05) is 42.8 Å². The number of aromatic carboxylic acids is 1. The average molecular weight is 387 g/mol. The molecule has 2 heterocycles. The average Bonchev–Trinajstić information content (AvgIpc) is 3.48. The van der Waals surface area contributed by atoms with Gasteiger partial charge in [-0.15, -0.1) is 0 Å². The lowest BCUT2D eigenvalue weighted by atomic mass is 10.1. The van der Waals surface area contributed by atoms with E-state index in [-0.39, 0.29) is 29.1 Å². The summed E-state index contributed by atoms with van der Waals surface area (Å²) in [4.78, 5) is 38.8. The zero-order chi connectivity index (χ0) is 20.2. The van der Waals surface area contributed by atoms with Gasteiger partial charge in [0.05, 0.1) is 11.2 Å². The molecule has 4 rings (SSSR count). The summed E-state index contributed by atoms with van der Waals surface area (Å²) in [7, 11) is 0. The summed E-state index contributed by atoms with van der Waals surface area (Å²) >= 11 is 0. The van der Waals surface area contributed by atoms with Gasteiger partial charge in [-0.1, -0.05) is 0 Å². The minimum absolute atomic E-state index is 0.0659. The second-order valence-corrected chi connectivity index (χ2v) is 7.79. The highest BCUT2D eigenvalue weighted by atomic mass is 19.1. The molecule has 2 aromatic rings. The molecule has 0 radical (unpaired) electrons. The van der Waals surface area contributed by atoms with E-state index in [1.807, 2.05) is 18.7 Å². The second-order valence-electron chi connectivity index (χ2n) is 7.79. The Morgan fingerprint density at radius 1 is 1.21 bits per heavy atom. The number of pyridine rings is 1. The van der Waals surface area contributed by atoms with Crippen molar-refractivity contribution < 1.29 is 19.1 Å². The van der Waals surface area contributed by atoms with Gasteiger partial charge in [0.25, 0.3) is 0 Å². The lowest BCUT2D eigenvalue weighted by molar-refractivity contribution is -0.120. The van der Waals surface area contributed by atoms with Crippen molar-refractivity contribution in [3.63, 3.8) is 0 Å². The smallest absolute Gasteiger partial charge is 0.341 e. The van der Waals surface area contributed by atoms with Crippen molar-refractivity contribution in [1.82, 2.24) is 9.47 Å². The zero-order valence-corrected chi connectivity index (χ0v) is 15.8. The summed E-state index contributed by atoms with van der Waals surface area (Å²) in [6.45, 7) is 4.79. The topological polar surface area (TPSA) is 82.8 Å². The lowest BCUT2D eigenvalue weighted by Gasteiger charge is -2.44. The van der Waals surface area contributed by atoms with Crippen LogP contribution in [0.25, 0.3) is 10.9 Å². The first kappa shape index (κ1) is 18.5. The van der Waals surface area contributed by atoms with Crippen molar-refractivity contribution in [3.05, 3.63) is 39.9 Å². The maximum atomic E-state index is 15.0. The van der Waals surface area contributed by atoms with E-state index in [1.165, 1.54) is 6.20 Å². The zero-order valence-electron chi connectivity index (χ0n) is 15.8. The van der Waals surface area contributed by atoms with Crippen LogP contribution in [0.15, 0.2) is 23.1 Å². The second kappa shape index (κ2) is 6.61. The Kier molecular flexibility index (Phi) is 4.36. The maximum Gasteiger partial charge on any atom is 0.341 e. The van der Waals surface area contributed by atoms with Gasteiger partial charge < -0.3 is 19.5 Å². The van der Waals surface area contributed by atoms with Gasteiger partial charge in [-0.2, -0.15) is 0 Å². The Labute approximate surface area is 161 Å². The molecule has 1 aromatic heterocycles. The van der Waals surface area contributed by atoms with Crippen molar-refractivity contribution in [2.24, 2.45) is 0 Å². The molecule has 2 aliphatic rings. The predicted octanol–water partition coefficient (Wildman–Crippen LogP) is 2.23. The maximum absolute atomic E-state index is 15.0. The number of halogens is 1. The number of amides is 1. The van der Waals surface area contributed by atoms with E-state index in [9.17, 15) is 19.5 Å². The van der Waals surface area contributed by atoms with E-state index < -0.39 is 17.2 Å². The molecule has 0 spiro atoms. The van der Waals surface area contributed by atoms with Crippen LogP contribution in [0, 0.1) is 5.82 Å². The summed E-state index contributed by atoms with van der Waals surface area (Å²) in [6, 6.07) is 2.77. The number of fused-ring (bicyclic) bond motifs is 1. The number of carboxylic acid groups (broad SMARTS) is 1. The minimum atomic E-state index is -1.31. The molecular formula is C20H22FN3O4. The summed E-state index contributed by atoms with van der Waals surface area (Å²) < 4.78 is 16.8. The molecule has 2 unspecified atom stereocenters. The van der Waals surface area contributed by atoms with Gasteiger partial charge >= 0.3 is 5.97 Å². The van der Waals surface area contributed by atoms with Crippen LogP contribution >= 0.6 is 0 Å². The SMILES string of the molecule is CC1CN(c2cc3c(cc2F)c(=O)c(C(=O)O)cn3C2CC2)C(C)CN1C=O. The van der Waals surface area contributed by atoms with E-state index in [1.54, 1.807) is 15.5 Å². The molecule has 0 bridgehead atoms. The van der Waals surface area contributed by atoms with E-state index in [0.717, 1.165) is 25.3 Å². The number of piperazine rings is 1. The molecule has 28 heavy (non-hydrogen) atoms. The first-order chi connectivity index (χ1) is 13.3. The van der Waals surface area contributed by atoms with Gasteiger partial charge in [0.2, 0.25) is 11.8 Å². The molecule has 2 atom stereocenters. The van der Waals surface area contributed by atoms with E-state index in [4.69, 9.17) is 0 Å². The first-order valence-electron chi connectivity index (χ1n) is 9.41. The third-order valence-corrected chi connectivity index (χ3v) is 5.75. The highest BCUT2D eigenvalue weighted by molar-refractivity contribution is 5.93. The summed E-state index contributed by atoms with van der Waals surface area (Å²) in [5.74, 6) is -1.87. The van der Waals surface area contributed by atoms with Crippen molar-refractivity contribution in [2.45, 2.75) is 44.8 Å². The Bertz CT molecular complexity index is 1030. The van der Waals surface area contributed by atoms with Crippen molar-refractivity contribution in [1.29, 1.82) is 0 Å². The third-order valence-electron chi connectivity index (χ3n) is 5.75. The molecule has 1 saturated carbocycles. The fraction of sp³-hybridized carbons (Fsp3) is 0.450. The number of nitrogens with zero attached hydrogens (tertiary/aromatic N) is 3. The number of benzene rings is 1. The van der Waals surface area contributed by atoms with Crippen LogP contribution in [0.2, 0.25) is 0 Å². The summed E-state index contributed by atoms with van der Waals surface area (Å²) in [6.07, 6.45) is 3.99. The van der Waals surface area contributed by atoms with Crippen molar-refractivity contribution in [3.8, 4) is 0 Å². The molecule has 148 valence electrons. The van der Waals surface area contributed by atoms with Crippen LogP contribution in [-0.2, 0) is 4.79 Å². The molecule has 1 aromatic carbocycles. The molecule has 1 amide bonds. The van der Waals surface area contributed by atoms with Crippen LogP contribution in [-0.4, -0.2) is 52.1 Å². The Balaban J connectivity index is 1.88. The van der Waals surface area contributed by atoms with E-state index in [0.29, 0.717) is 24.3 Å². The Morgan fingerprint density at radius 3 is 2.54 bits per heavy atom. The Morgan fingerprint density at radius 2 is 1.93 bits per heavy atom. The van der Waals surface area contributed by atoms with Gasteiger partial charge in [0.1, 0.15) is 11.4 Å². The normalized spacial score (nSPS) is 22.5. The third kappa shape index (κ3) is 2.93. The molecule has 1 N–H and O–H groups in total. The van der Waals surface area contributed by atoms with Gasteiger partial charge in [-0.3, -0.25) is 9.59 Å². The standard InChI is InChI=1S/C20H22FN3O4/c1-11-8-23(12(2)7-22(11)10-25)18-6-17-14(5-16(18)21)19(26)15(20(27)28)9-24(17)13-3-4-13/h5-6,9-13H,3-4,7-8H2,1-2H3,(H,27,28). The number of hydrogen-bond donors (Lipinski definition) is 1. The number of rotatable bonds is 4. The van der Waals surface area contributed by atoms with Gasteiger partial charge in [0.15, 0.2) is 0 Å². The molecule has 1 aliphatic carbocycles. The van der Waals surface area contributed by atoms with E-state index >= 15 is 4.39 Å². The summed E-state index contributed by atoms with van der Waals surface area (Å²) in [5, 5.41) is 9.43. The molecule has 1 saturated heterocycles. The number of aromatic nitrogens is 1. The van der Waals surface area contributed by atoms with Crippen molar-refractivity contribution >= 4 is 29.0 Å². The highest BCUT2D eigenvalue weighted by Gasteiger charge is 2.32. The molecule has 1 aliphatic heterocycles. The highest BCUT2D eigenvalue weighted by Crippen LogP contribution is 2.38. The van der Waals surface area contributed by atoms with Gasteiger partial charge in [-0.25, -0.2) is 9.18 Å². The predicted molar refractivity (Wildman–Crippen MR) is 102 cm³/mol. The molecule has 2 fully saturated rings. The van der Waals surface area contributed by atoms with Crippen LogP contribution in [0.1, 0.15) is 43.1 Å². The Hall–Kier alpha value is -2.90. The number of carbonyl (C=O) groups is 2. The van der Waals surface area contributed by atoms with Crippen LogP contribution in [0.5, 0.6) is 0 Å². The van der Waals surface area contributed by atoms with Crippen molar-refractivity contribution in [2.75, 3.05) is 18.0 Å². The van der Waals surface area contributed by atoms with Crippen LogP contribution in [0.4, 0.5) is 10.1 Å². The number of carbonyl (C=O) groups excluding carboxylic acids is 1. The fourth-order valence-electron chi connectivity index (χ4n) is 4.02. The van der Waals surface area contributed by atoms with Gasteiger partial charge in [-0.05, 0) is 38.8 Å². The number of carboxylic acids is 1. The van der Waals surface area contributed by atoms with E-state index in [2.05, 4.69) is 0 Å². The lowest BCUT2D eigenvalue weighted by Crippen LogP contribution is -2.56. The first-order valence-corrected chi connectivity index (χ1v) is 9.41. The number of anilines is 1. The molecular weight excluding hydrogens is 365 g/mol. The molecule has 8 heteroatoms. The quantitative estimate of drug-likeness (QED) is 0.814. The van der Waals surface area contributed by atoms with Crippen LogP contribution in [0.3, 0.4) is 0 Å².